The fourth-order valence-corrected chi connectivity index (χ4v) is 5.14. The van der Waals surface area contributed by atoms with Crippen LogP contribution in [0.15, 0.2) is 66.2 Å². The molecule has 0 spiro atoms. The number of aryl methyl sites for hydroxylation is 1. The molecule has 0 aliphatic carbocycles. The molecule has 4 rings (SSSR count). The second kappa shape index (κ2) is 10.1. The standard InChI is InChI=1S/C27H30N2O3S/c1-28(14-13-19-11-12-24(31-3)25(16-19)32-4)27(30)17-21(26-10-7-15-33-26)22-18-29(2)23-9-6-5-8-20(22)23/h5-12,15-16,18,21H,13-14,17H2,1-4H3. The number of aromatic nitrogens is 1. The molecule has 0 radical (unpaired) electrons. The van der Waals surface area contributed by atoms with Crippen molar-refractivity contribution in [1.82, 2.24) is 9.47 Å². The Balaban J connectivity index is 1.51. The average molecular weight is 463 g/mol. The molecule has 1 unspecified atom stereocenters. The molecule has 0 saturated heterocycles. The van der Waals surface area contributed by atoms with Crippen molar-refractivity contribution in [1.29, 1.82) is 0 Å². The Morgan fingerprint density at radius 1 is 1.06 bits per heavy atom. The molecule has 172 valence electrons. The van der Waals surface area contributed by atoms with Gasteiger partial charge in [-0.3, -0.25) is 4.79 Å². The molecule has 2 aromatic carbocycles. The molecular formula is C27H30N2O3S. The van der Waals surface area contributed by atoms with Crippen molar-refractivity contribution in [2.45, 2.75) is 18.8 Å². The van der Waals surface area contributed by atoms with Crippen molar-refractivity contribution >= 4 is 28.1 Å². The molecule has 1 atom stereocenters. The van der Waals surface area contributed by atoms with Crippen LogP contribution in [-0.2, 0) is 18.3 Å². The number of nitrogens with zero attached hydrogens (tertiary/aromatic N) is 2. The van der Waals surface area contributed by atoms with E-state index in [0.717, 1.165) is 12.0 Å². The van der Waals surface area contributed by atoms with Gasteiger partial charge in [0.05, 0.1) is 14.2 Å². The molecule has 0 aliphatic heterocycles. The first-order valence-electron chi connectivity index (χ1n) is 11.0. The maximum absolute atomic E-state index is 13.3. The molecule has 0 aliphatic rings. The lowest BCUT2D eigenvalue weighted by atomic mass is 9.93. The third-order valence-electron chi connectivity index (χ3n) is 6.18. The highest BCUT2D eigenvalue weighted by molar-refractivity contribution is 7.10. The molecule has 0 fully saturated rings. The number of rotatable bonds is 9. The van der Waals surface area contributed by atoms with Crippen molar-refractivity contribution in [3.8, 4) is 11.5 Å². The highest BCUT2D eigenvalue weighted by atomic mass is 32.1. The number of ether oxygens (including phenoxy) is 2. The Bertz CT molecular complexity index is 1230. The van der Waals surface area contributed by atoms with Gasteiger partial charge >= 0.3 is 0 Å². The molecular weight excluding hydrogens is 432 g/mol. The molecule has 0 saturated carbocycles. The van der Waals surface area contributed by atoms with Gasteiger partial charge in [-0.1, -0.05) is 30.3 Å². The first-order valence-corrected chi connectivity index (χ1v) is 11.9. The molecule has 0 bridgehead atoms. The van der Waals surface area contributed by atoms with E-state index in [0.29, 0.717) is 24.5 Å². The van der Waals surface area contributed by atoms with E-state index in [1.165, 1.54) is 21.3 Å². The van der Waals surface area contributed by atoms with Gasteiger partial charge in [0.15, 0.2) is 11.5 Å². The van der Waals surface area contributed by atoms with Crippen LogP contribution in [-0.4, -0.2) is 43.2 Å². The zero-order valence-corrected chi connectivity index (χ0v) is 20.4. The quantitative estimate of drug-likeness (QED) is 0.331. The molecule has 6 heteroatoms. The van der Waals surface area contributed by atoms with Crippen LogP contribution in [0.3, 0.4) is 0 Å². The van der Waals surface area contributed by atoms with Crippen LogP contribution < -0.4 is 9.47 Å². The first-order chi connectivity index (χ1) is 16.0. The van der Waals surface area contributed by atoms with Crippen LogP contribution in [0.4, 0.5) is 0 Å². The highest BCUT2D eigenvalue weighted by Gasteiger charge is 2.24. The number of hydrogen-bond donors (Lipinski definition) is 0. The van der Waals surface area contributed by atoms with Gasteiger partial charge in [0.25, 0.3) is 0 Å². The van der Waals surface area contributed by atoms with Gasteiger partial charge in [0.1, 0.15) is 0 Å². The lowest BCUT2D eigenvalue weighted by molar-refractivity contribution is -0.130. The van der Waals surface area contributed by atoms with Crippen LogP contribution >= 0.6 is 11.3 Å². The molecule has 0 N–H and O–H groups in total. The summed E-state index contributed by atoms with van der Waals surface area (Å²) in [6.45, 7) is 0.640. The number of likely N-dealkylation sites (N-methyl/N-ethyl adjacent to an activating group) is 1. The Morgan fingerprint density at radius 2 is 1.85 bits per heavy atom. The topological polar surface area (TPSA) is 43.7 Å². The maximum Gasteiger partial charge on any atom is 0.223 e. The van der Waals surface area contributed by atoms with Crippen molar-refractivity contribution < 1.29 is 14.3 Å². The van der Waals surface area contributed by atoms with Crippen molar-refractivity contribution in [3.63, 3.8) is 0 Å². The Hall–Kier alpha value is -3.25. The fraction of sp³-hybridized carbons (Fsp3) is 0.296. The largest absolute Gasteiger partial charge is 0.493 e. The van der Waals surface area contributed by atoms with E-state index in [4.69, 9.17) is 9.47 Å². The van der Waals surface area contributed by atoms with Crippen molar-refractivity contribution in [3.05, 3.63) is 82.2 Å². The summed E-state index contributed by atoms with van der Waals surface area (Å²) in [6, 6.07) is 18.5. The number of carbonyl (C=O) groups excluding carboxylic acids is 1. The van der Waals surface area contributed by atoms with E-state index in [9.17, 15) is 4.79 Å². The number of methoxy groups -OCH3 is 2. The Kier molecular flexibility index (Phi) is 7.04. The van der Waals surface area contributed by atoms with Crippen molar-refractivity contribution in [2.24, 2.45) is 7.05 Å². The minimum Gasteiger partial charge on any atom is -0.493 e. The normalized spacial score (nSPS) is 12.0. The van der Waals surface area contributed by atoms with Gasteiger partial charge in [-0.15, -0.1) is 11.3 Å². The van der Waals surface area contributed by atoms with Crippen LogP contribution in [0.2, 0.25) is 0 Å². The summed E-state index contributed by atoms with van der Waals surface area (Å²) in [5.41, 5.74) is 3.50. The third kappa shape index (κ3) is 4.91. The summed E-state index contributed by atoms with van der Waals surface area (Å²) in [5, 5.41) is 3.29. The van der Waals surface area contributed by atoms with Gasteiger partial charge < -0.3 is 18.9 Å². The van der Waals surface area contributed by atoms with Crippen LogP contribution in [0.5, 0.6) is 11.5 Å². The molecule has 5 nitrogen and oxygen atoms in total. The Morgan fingerprint density at radius 3 is 2.58 bits per heavy atom. The van der Waals surface area contributed by atoms with E-state index in [2.05, 4.69) is 59.6 Å². The number of amides is 1. The molecule has 2 aromatic heterocycles. The molecule has 4 aromatic rings. The smallest absolute Gasteiger partial charge is 0.223 e. The maximum atomic E-state index is 13.3. The van der Waals surface area contributed by atoms with Crippen LogP contribution in [0.1, 0.15) is 28.3 Å². The number of carbonyl (C=O) groups is 1. The molecule has 2 heterocycles. The van der Waals surface area contributed by atoms with Crippen LogP contribution in [0, 0.1) is 0 Å². The van der Waals surface area contributed by atoms with E-state index in [1.54, 1.807) is 25.6 Å². The lowest BCUT2D eigenvalue weighted by Gasteiger charge is -2.21. The monoisotopic (exact) mass is 462 g/mol. The predicted octanol–water partition coefficient (Wildman–Crippen LogP) is 5.48. The van der Waals surface area contributed by atoms with Crippen molar-refractivity contribution in [2.75, 3.05) is 27.8 Å². The number of hydrogen-bond acceptors (Lipinski definition) is 4. The number of benzene rings is 2. The lowest BCUT2D eigenvalue weighted by Crippen LogP contribution is -2.30. The second-order valence-corrected chi connectivity index (χ2v) is 9.22. The van der Waals surface area contributed by atoms with E-state index < -0.39 is 0 Å². The summed E-state index contributed by atoms with van der Waals surface area (Å²) in [7, 11) is 7.21. The SMILES string of the molecule is COc1ccc(CCN(C)C(=O)CC(c2cccs2)c2cn(C)c3ccccc23)cc1OC. The van der Waals surface area contributed by atoms with E-state index in [1.807, 2.05) is 30.1 Å². The zero-order valence-electron chi connectivity index (χ0n) is 19.6. The second-order valence-electron chi connectivity index (χ2n) is 8.24. The minimum absolute atomic E-state index is 0.0344. The Labute approximate surface area is 199 Å². The van der Waals surface area contributed by atoms with Gasteiger partial charge in [0, 0.05) is 55.0 Å². The van der Waals surface area contributed by atoms with Gasteiger partial charge in [0.2, 0.25) is 5.91 Å². The summed E-state index contributed by atoms with van der Waals surface area (Å²) in [5.74, 6) is 1.59. The number of para-hydroxylation sites is 1. The third-order valence-corrected chi connectivity index (χ3v) is 7.16. The van der Waals surface area contributed by atoms with Gasteiger partial charge in [-0.05, 0) is 47.2 Å². The van der Waals surface area contributed by atoms with Gasteiger partial charge in [-0.25, -0.2) is 0 Å². The summed E-state index contributed by atoms with van der Waals surface area (Å²) >= 11 is 1.71. The van der Waals surface area contributed by atoms with E-state index in [-0.39, 0.29) is 11.8 Å². The minimum atomic E-state index is 0.0344. The predicted molar refractivity (Wildman–Crippen MR) is 135 cm³/mol. The molecule has 33 heavy (non-hydrogen) atoms. The summed E-state index contributed by atoms with van der Waals surface area (Å²) in [6.07, 6.45) is 3.36. The summed E-state index contributed by atoms with van der Waals surface area (Å²) < 4.78 is 12.9. The van der Waals surface area contributed by atoms with Gasteiger partial charge in [-0.2, -0.15) is 0 Å². The van der Waals surface area contributed by atoms with E-state index >= 15 is 0 Å². The number of thiophene rings is 1. The molecule has 1 amide bonds. The zero-order chi connectivity index (χ0) is 23.4. The highest BCUT2D eigenvalue weighted by Crippen LogP contribution is 2.37. The van der Waals surface area contributed by atoms with Crippen LogP contribution in [0.25, 0.3) is 10.9 Å². The summed E-state index contributed by atoms with van der Waals surface area (Å²) in [4.78, 5) is 16.3. The number of fused-ring (bicyclic) bond motifs is 1. The average Bonchev–Trinajstić information content (AvgIpc) is 3.49. The first kappa shape index (κ1) is 22.9. The fourth-order valence-electron chi connectivity index (χ4n) is 4.29.